The SMILES string of the molecule is CC(=O)O[C@H]1C[C@@]2(C)[C@@H](CC(O)C3[C@]2(C)CC[C@H]2[C@H](C)[C@H](O)CC[C@]32C)C1=C(CCC=C(C)C)C(=O)O. The molecule has 0 aromatic rings. The molecule has 3 N–H and O–H groups in total. The fourth-order valence-corrected chi connectivity index (χ4v) is 9.79. The smallest absolute Gasteiger partial charge is 0.331 e. The van der Waals surface area contributed by atoms with Gasteiger partial charge in [-0.3, -0.25) is 4.79 Å². The van der Waals surface area contributed by atoms with Crippen molar-refractivity contribution in [3.05, 3.63) is 22.8 Å². The quantitative estimate of drug-likeness (QED) is 0.247. The zero-order chi connectivity index (χ0) is 27.5. The highest BCUT2D eigenvalue weighted by Crippen LogP contribution is 2.74. The van der Waals surface area contributed by atoms with Crippen molar-refractivity contribution in [2.45, 2.75) is 118 Å². The molecule has 4 fully saturated rings. The van der Waals surface area contributed by atoms with E-state index in [0.29, 0.717) is 37.2 Å². The molecule has 4 aliphatic rings. The van der Waals surface area contributed by atoms with E-state index >= 15 is 0 Å². The molecule has 0 aliphatic heterocycles. The Morgan fingerprint density at radius 3 is 2.30 bits per heavy atom. The van der Waals surface area contributed by atoms with Gasteiger partial charge in [-0.2, -0.15) is 0 Å². The van der Waals surface area contributed by atoms with Gasteiger partial charge in [0.2, 0.25) is 0 Å². The van der Waals surface area contributed by atoms with E-state index in [4.69, 9.17) is 4.74 Å². The van der Waals surface area contributed by atoms with Crippen LogP contribution in [0.1, 0.15) is 99.8 Å². The van der Waals surface area contributed by atoms with E-state index in [1.165, 1.54) is 6.92 Å². The molecule has 6 nitrogen and oxygen atoms in total. The van der Waals surface area contributed by atoms with Gasteiger partial charge in [-0.1, -0.05) is 39.3 Å². The molecule has 0 saturated heterocycles. The van der Waals surface area contributed by atoms with Gasteiger partial charge in [0, 0.05) is 12.5 Å². The van der Waals surface area contributed by atoms with Crippen molar-refractivity contribution >= 4 is 11.9 Å². The summed E-state index contributed by atoms with van der Waals surface area (Å²) >= 11 is 0. The Kier molecular flexibility index (Phi) is 7.53. The molecular weight excluding hydrogens is 468 g/mol. The lowest BCUT2D eigenvalue weighted by atomic mass is 9.36. The minimum atomic E-state index is -0.953. The summed E-state index contributed by atoms with van der Waals surface area (Å²) in [6.07, 6.45) is 6.22. The van der Waals surface area contributed by atoms with Crippen molar-refractivity contribution in [3.8, 4) is 0 Å². The van der Waals surface area contributed by atoms with E-state index in [1.54, 1.807) is 0 Å². The Morgan fingerprint density at radius 1 is 1.03 bits per heavy atom. The average molecular weight is 517 g/mol. The van der Waals surface area contributed by atoms with Gasteiger partial charge in [0.05, 0.1) is 12.2 Å². The van der Waals surface area contributed by atoms with Crippen LogP contribution in [0.15, 0.2) is 22.8 Å². The molecule has 0 bridgehead atoms. The Balaban J connectivity index is 1.82. The highest BCUT2D eigenvalue weighted by Gasteiger charge is 2.70. The molecule has 0 radical (unpaired) electrons. The Labute approximate surface area is 222 Å². The predicted octanol–water partition coefficient (Wildman–Crippen LogP) is 5.67. The normalized spacial score (nSPS) is 46.2. The van der Waals surface area contributed by atoms with Crippen LogP contribution in [0, 0.1) is 39.9 Å². The summed E-state index contributed by atoms with van der Waals surface area (Å²) in [4.78, 5) is 24.8. The molecule has 0 amide bonds. The van der Waals surface area contributed by atoms with Crippen molar-refractivity contribution in [1.29, 1.82) is 0 Å². The Bertz CT molecular complexity index is 994. The van der Waals surface area contributed by atoms with Crippen LogP contribution >= 0.6 is 0 Å². The van der Waals surface area contributed by atoms with E-state index in [2.05, 4.69) is 27.7 Å². The van der Waals surface area contributed by atoms with Crippen molar-refractivity contribution in [1.82, 2.24) is 0 Å². The van der Waals surface area contributed by atoms with Crippen LogP contribution in [-0.4, -0.2) is 45.6 Å². The third kappa shape index (κ3) is 4.40. The number of aliphatic hydroxyl groups excluding tert-OH is 2. The molecule has 4 aliphatic carbocycles. The lowest BCUT2D eigenvalue weighted by Gasteiger charge is -2.69. The maximum Gasteiger partial charge on any atom is 0.331 e. The number of aliphatic carboxylic acids is 1. The van der Waals surface area contributed by atoms with E-state index in [0.717, 1.165) is 36.8 Å². The molecule has 6 heteroatoms. The second-order valence-corrected chi connectivity index (χ2v) is 13.6. The minimum absolute atomic E-state index is 0.0474. The number of carboxylic acids is 1. The lowest BCUT2D eigenvalue weighted by Crippen LogP contribution is -2.65. The maximum absolute atomic E-state index is 12.6. The number of carbonyl (C=O) groups excluding carboxylic acids is 1. The van der Waals surface area contributed by atoms with Crippen LogP contribution in [-0.2, 0) is 14.3 Å². The van der Waals surface area contributed by atoms with Crippen LogP contribution in [0.2, 0.25) is 0 Å². The standard InChI is InChI=1S/C31H48O6/c1-17(2)9-8-10-20(28(35)36)26-22-15-24(34)27-29(5)13-12-23(33)18(3)21(29)11-14-30(27,6)31(22,7)16-25(26)37-19(4)32/h9,18,21-25,27,33-34H,8,10-16H2,1-7H3,(H,35,36)/t18-,21-,22-,23+,24?,25-,27?,29-,30-,31-/m0/s1. The van der Waals surface area contributed by atoms with Crippen molar-refractivity contribution < 1.29 is 29.6 Å². The average Bonchev–Trinajstić information content (AvgIpc) is 3.05. The van der Waals surface area contributed by atoms with E-state index in [-0.39, 0.29) is 40.1 Å². The van der Waals surface area contributed by atoms with Crippen LogP contribution in [0.25, 0.3) is 0 Å². The van der Waals surface area contributed by atoms with Gasteiger partial charge in [-0.15, -0.1) is 0 Å². The van der Waals surface area contributed by atoms with Crippen molar-refractivity contribution in [3.63, 3.8) is 0 Å². The van der Waals surface area contributed by atoms with Crippen molar-refractivity contribution in [2.24, 2.45) is 39.9 Å². The maximum atomic E-state index is 12.6. The van der Waals surface area contributed by atoms with Crippen LogP contribution in [0.3, 0.4) is 0 Å². The van der Waals surface area contributed by atoms with Gasteiger partial charge < -0.3 is 20.1 Å². The number of hydrogen-bond acceptors (Lipinski definition) is 5. The number of esters is 1. The molecule has 0 heterocycles. The first kappa shape index (κ1) is 28.4. The number of hydrogen-bond donors (Lipinski definition) is 3. The highest BCUT2D eigenvalue weighted by molar-refractivity contribution is 5.88. The van der Waals surface area contributed by atoms with Gasteiger partial charge in [0.25, 0.3) is 0 Å². The number of aliphatic hydroxyl groups is 2. The zero-order valence-electron chi connectivity index (χ0n) is 23.8. The number of carboxylic acid groups (broad SMARTS) is 1. The first-order valence-electron chi connectivity index (χ1n) is 14.3. The van der Waals surface area contributed by atoms with Crippen molar-refractivity contribution in [2.75, 3.05) is 0 Å². The fraction of sp³-hybridized carbons (Fsp3) is 0.806. The first-order valence-corrected chi connectivity index (χ1v) is 14.3. The number of rotatable bonds is 5. The summed E-state index contributed by atoms with van der Waals surface area (Å²) in [6.45, 7) is 14.5. The summed E-state index contributed by atoms with van der Waals surface area (Å²) in [6, 6.07) is 0. The second-order valence-electron chi connectivity index (χ2n) is 13.6. The lowest BCUT2D eigenvalue weighted by molar-refractivity contribution is -0.234. The molecule has 208 valence electrons. The molecule has 2 unspecified atom stereocenters. The molecule has 0 aromatic carbocycles. The minimum Gasteiger partial charge on any atom is -0.478 e. The Hall–Kier alpha value is -1.66. The molecule has 0 spiro atoms. The largest absolute Gasteiger partial charge is 0.478 e. The zero-order valence-corrected chi connectivity index (χ0v) is 23.8. The number of carbonyl (C=O) groups is 2. The van der Waals surface area contributed by atoms with Gasteiger partial charge >= 0.3 is 11.9 Å². The van der Waals surface area contributed by atoms with Crippen LogP contribution in [0.5, 0.6) is 0 Å². The third-order valence-corrected chi connectivity index (χ3v) is 11.6. The van der Waals surface area contributed by atoms with E-state index in [1.807, 2.05) is 19.9 Å². The van der Waals surface area contributed by atoms with Gasteiger partial charge in [0.1, 0.15) is 6.10 Å². The van der Waals surface area contributed by atoms with Crippen LogP contribution < -0.4 is 0 Å². The van der Waals surface area contributed by atoms with E-state index in [9.17, 15) is 24.9 Å². The molecule has 37 heavy (non-hydrogen) atoms. The third-order valence-electron chi connectivity index (χ3n) is 11.6. The monoisotopic (exact) mass is 516 g/mol. The molecular formula is C31H48O6. The topological polar surface area (TPSA) is 104 Å². The van der Waals surface area contributed by atoms with E-state index < -0.39 is 24.1 Å². The van der Waals surface area contributed by atoms with Gasteiger partial charge in [-0.25, -0.2) is 4.79 Å². The second kappa shape index (κ2) is 9.82. The summed E-state index contributed by atoms with van der Waals surface area (Å²) in [5.74, 6) is -0.909. The Morgan fingerprint density at radius 2 is 1.70 bits per heavy atom. The van der Waals surface area contributed by atoms with Gasteiger partial charge in [-0.05, 0) is 111 Å². The summed E-state index contributed by atoms with van der Waals surface area (Å²) in [7, 11) is 0. The number of fused-ring (bicyclic) bond motifs is 5. The van der Waals surface area contributed by atoms with Gasteiger partial charge in [0.15, 0.2) is 0 Å². The first-order chi connectivity index (χ1) is 17.2. The molecule has 10 atom stereocenters. The molecule has 4 rings (SSSR count). The summed E-state index contributed by atoms with van der Waals surface area (Å²) in [5.41, 5.74) is 1.57. The summed E-state index contributed by atoms with van der Waals surface area (Å²) < 4.78 is 5.87. The number of ether oxygens (including phenoxy) is 1. The molecule has 4 saturated carbocycles. The predicted molar refractivity (Wildman–Crippen MR) is 143 cm³/mol. The molecule has 0 aromatic heterocycles. The highest BCUT2D eigenvalue weighted by atomic mass is 16.5. The summed E-state index contributed by atoms with van der Waals surface area (Å²) in [5, 5.41) is 32.9. The fourth-order valence-electron chi connectivity index (χ4n) is 9.79. The number of allylic oxidation sites excluding steroid dienone is 2. The van der Waals surface area contributed by atoms with Crippen LogP contribution in [0.4, 0.5) is 0 Å².